The predicted octanol–water partition coefficient (Wildman–Crippen LogP) is 4.73. The van der Waals surface area contributed by atoms with Gasteiger partial charge in [0.15, 0.2) is 0 Å². The second-order valence-electron chi connectivity index (χ2n) is 8.56. The summed E-state index contributed by atoms with van der Waals surface area (Å²) in [6.07, 6.45) is 4.01. The number of urea groups is 2. The zero-order valence-corrected chi connectivity index (χ0v) is 20.5. The lowest BCUT2D eigenvalue weighted by molar-refractivity contribution is -0.0806. The fourth-order valence-corrected chi connectivity index (χ4v) is 3.85. The first-order valence-electron chi connectivity index (χ1n) is 11.8. The van der Waals surface area contributed by atoms with E-state index in [2.05, 4.69) is 16.7 Å². The number of hydrogen-bond acceptors (Lipinski definition) is 4. The summed E-state index contributed by atoms with van der Waals surface area (Å²) in [5.74, 6) is 0. The largest absolute Gasteiger partial charge is 0.341 e. The Kier molecular flexibility index (Phi) is 12.1. The highest BCUT2D eigenvalue weighted by atomic mass is 16.5. The predicted molar refractivity (Wildman–Crippen MR) is 126 cm³/mol. The highest BCUT2D eigenvalue weighted by Crippen LogP contribution is 2.12. The number of amides is 4. The van der Waals surface area contributed by atoms with Crippen LogP contribution < -0.4 is 10.6 Å². The molecule has 4 amide bonds. The van der Waals surface area contributed by atoms with Crippen molar-refractivity contribution >= 4 is 12.1 Å². The van der Waals surface area contributed by atoms with E-state index in [0.717, 1.165) is 21.3 Å². The molecule has 8 nitrogen and oxygen atoms in total. The van der Waals surface area contributed by atoms with Crippen LogP contribution in [0.2, 0.25) is 0 Å². The lowest BCUT2D eigenvalue weighted by Crippen LogP contribution is -2.47. The minimum absolute atomic E-state index is 0.151. The Hall–Kier alpha value is -2.32. The second-order valence-corrected chi connectivity index (χ2v) is 8.56. The first-order chi connectivity index (χ1) is 15.2. The normalized spacial score (nSPS) is 13.1. The van der Waals surface area contributed by atoms with Gasteiger partial charge in [-0.2, -0.15) is 0 Å². The maximum atomic E-state index is 12.3. The third kappa shape index (κ3) is 8.67. The lowest BCUT2D eigenvalue weighted by atomic mass is 10.0. The molecule has 0 aromatic heterocycles. The van der Waals surface area contributed by atoms with Crippen molar-refractivity contribution in [2.45, 2.75) is 104 Å². The molecule has 0 saturated heterocycles. The minimum atomic E-state index is -0.482. The standard InChI is InChI=1S/C24H42N4O4/c1-7-21(8-2)27(31)23(29)25-17(5)14-19-12-11-13-20(16-19)15-18(6)26-24(30)28(32)22(9-3)10-4/h11-13,16-18,21-22,31-32H,7-10,14-15H2,1-6H3,(H,25,29)(H,26,30). The second kappa shape index (κ2) is 14.0. The quantitative estimate of drug-likeness (QED) is 0.273. The molecule has 0 aliphatic carbocycles. The maximum Gasteiger partial charge on any atom is 0.341 e. The van der Waals surface area contributed by atoms with E-state index in [0.29, 0.717) is 38.5 Å². The Bertz CT molecular complexity index is 652. The first-order valence-corrected chi connectivity index (χ1v) is 11.8. The van der Waals surface area contributed by atoms with Crippen LogP contribution in [-0.2, 0) is 12.8 Å². The van der Waals surface area contributed by atoms with E-state index in [1.54, 1.807) is 0 Å². The molecule has 2 atom stereocenters. The Morgan fingerprint density at radius 2 is 1.12 bits per heavy atom. The zero-order valence-electron chi connectivity index (χ0n) is 20.5. The molecular formula is C24H42N4O4. The topological polar surface area (TPSA) is 105 Å². The number of carbonyl (C=O) groups excluding carboxylic acids is 2. The van der Waals surface area contributed by atoms with Crippen LogP contribution in [-0.4, -0.2) is 56.8 Å². The SMILES string of the molecule is CCC(CC)N(O)C(=O)NC(C)Cc1cccc(CC(C)NC(=O)N(O)C(CC)CC)c1. The van der Waals surface area contributed by atoms with Gasteiger partial charge in [-0.25, -0.2) is 19.7 Å². The van der Waals surface area contributed by atoms with E-state index in [1.807, 2.05) is 59.7 Å². The van der Waals surface area contributed by atoms with Crippen molar-refractivity contribution in [2.75, 3.05) is 0 Å². The summed E-state index contributed by atoms with van der Waals surface area (Å²) in [5.41, 5.74) is 2.11. The molecule has 182 valence electrons. The first kappa shape index (κ1) is 27.7. The van der Waals surface area contributed by atoms with Crippen LogP contribution in [0.25, 0.3) is 0 Å². The van der Waals surface area contributed by atoms with Gasteiger partial charge in [-0.3, -0.25) is 10.4 Å². The van der Waals surface area contributed by atoms with Gasteiger partial charge in [0.25, 0.3) is 0 Å². The van der Waals surface area contributed by atoms with Crippen LogP contribution in [0, 0.1) is 0 Å². The summed E-state index contributed by atoms with van der Waals surface area (Å²) in [7, 11) is 0. The van der Waals surface area contributed by atoms with E-state index in [-0.39, 0.29) is 24.2 Å². The highest BCUT2D eigenvalue weighted by Gasteiger charge is 2.22. The van der Waals surface area contributed by atoms with Crippen LogP contribution >= 0.6 is 0 Å². The molecule has 1 rings (SSSR count). The van der Waals surface area contributed by atoms with Crippen molar-refractivity contribution in [3.05, 3.63) is 35.4 Å². The van der Waals surface area contributed by atoms with E-state index in [9.17, 15) is 20.0 Å². The van der Waals surface area contributed by atoms with E-state index < -0.39 is 12.1 Å². The number of carbonyl (C=O) groups is 2. The Balaban J connectivity index is 2.64. The number of benzene rings is 1. The van der Waals surface area contributed by atoms with Crippen molar-refractivity contribution in [1.82, 2.24) is 20.8 Å². The van der Waals surface area contributed by atoms with Crippen molar-refractivity contribution in [3.63, 3.8) is 0 Å². The van der Waals surface area contributed by atoms with Gasteiger partial charge in [-0.1, -0.05) is 52.0 Å². The summed E-state index contributed by atoms with van der Waals surface area (Å²) in [6, 6.07) is 6.35. The van der Waals surface area contributed by atoms with Gasteiger partial charge >= 0.3 is 12.1 Å². The number of rotatable bonds is 12. The number of nitrogens with one attached hydrogen (secondary N) is 2. The van der Waals surface area contributed by atoms with Gasteiger partial charge in [0.1, 0.15) is 0 Å². The van der Waals surface area contributed by atoms with E-state index in [4.69, 9.17) is 0 Å². The Labute approximate surface area is 192 Å². The molecule has 0 fully saturated rings. The molecule has 0 aliphatic heterocycles. The molecular weight excluding hydrogens is 408 g/mol. The molecule has 0 aliphatic rings. The zero-order chi connectivity index (χ0) is 24.3. The van der Waals surface area contributed by atoms with Crippen molar-refractivity contribution < 1.29 is 20.0 Å². The van der Waals surface area contributed by atoms with Crippen molar-refractivity contribution in [3.8, 4) is 0 Å². The molecule has 1 aromatic carbocycles. The third-order valence-corrected chi connectivity index (χ3v) is 5.81. The van der Waals surface area contributed by atoms with Crippen LogP contribution in [0.3, 0.4) is 0 Å². The van der Waals surface area contributed by atoms with Gasteiger partial charge in [-0.05, 0) is 63.5 Å². The summed E-state index contributed by atoms with van der Waals surface area (Å²) in [4.78, 5) is 24.5. The smallest absolute Gasteiger partial charge is 0.333 e. The fraction of sp³-hybridized carbons (Fsp3) is 0.667. The van der Waals surface area contributed by atoms with Crippen molar-refractivity contribution in [2.24, 2.45) is 0 Å². The van der Waals surface area contributed by atoms with Gasteiger partial charge < -0.3 is 10.6 Å². The molecule has 0 radical (unpaired) electrons. The molecule has 8 heteroatoms. The van der Waals surface area contributed by atoms with Gasteiger partial charge in [0.05, 0.1) is 12.1 Å². The molecule has 0 heterocycles. The molecule has 0 bridgehead atoms. The fourth-order valence-electron chi connectivity index (χ4n) is 3.85. The van der Waals surface area contributed by atoms with Crippen LogP contribution in [0.15, 0.2) is 24.3 Å². The summed E-state index contributed by atoms with van der Waals surface area (Å²) >= 11 is 0. The van der Waals surface area contributed by atoms with Crippen LogP contribution in [0.1, 0.15) is 78.4 Å². The summed E-state index contributed by atoms with van der Waals surface area (Å²) in [5, 5.41) is 27.4. The Morgan fingerprint density at radius 1 is 0.781 bits per heavy atom. The van der Waals surface area contributed by atoms with Gasteiger partial charge in [-0.15, -0.1) is 0 Å². The molecule has 1 aromatic rings. The number of hydrogen-bond donors (Lipinski definition) is 4. The number of nitrogens with zero attached hydrogens (tertiary/aromatic N) is 2. The minimum Gasteiger partial charge on any atom is -0.333 e. The summed E-state index contributed by atoms with van der Waals surface area (Å²) < 4.78 is 0. The van der Waals surface area contributed by atoms with Gasteiger partial charge in [0, 0.05) is 12.1 Å². The molecule has 4 N–H and O–H groups in total. The van der Waals surface area contributed by atoms with Crippen LogP contribution in [0.4, 0.5) is 9.59 Å². The van der Waals surface area contributed by atoms with Crippen molar-refractivity contribution in [1.29, 1.82) is 0 Å². The molecule has 32 heavy (non-hydrogen) atoms. The highest BCUT2D eigenvalue weighted by molar-refractivity contribution is 5.74. The Morgan fingerprint density at radius 3 is 1.44 bits per heavy atom. The monoisotopic (exact) mass is 450 g/mol. The third-order valence-electron chi connectivity index (χ3n) is 5.81. The molecule has 2 unspecified atom stereocenters. The average Bonchev–Trinajstić information content (AvgIpc) is 2.75. The van der Waals surface area contributed by atoms with Gasteiger partial charge in [0.2, 0.25) is 0 Å². The molecule has 0 spiro atoms. The summed E-state index contributed by atoms with van der Waals surface area (Å²) in [6.45, 7) is 11.6. The van der Waals surface area contributed by atoms with E-state index >= 15 is 0 Å². The maximum absolute atomic E-state index is 12.3. The average molecular weight is 451 g/mol. The lowest BCUT2D eigenvalue weighted by Gasteiger charge is -2.26. The van der Waals surface area contributed by atoms with E-state index in [1.165, 1.54) is 0 Å². The number of hydroxylamine groups is 4. The molecule has 0 saturated carbocycles. The van der Waals surface area contributed by atoms with Crippen LogP contribution in [0.5, 0.6) is 0 Å².